The predicted molar refractivity (Wildman–Crippen MR) is 97.9 cm³/mol. The molecule has 0 radical (unpaired) electrons. The number of benzene rings is 2. The lowest BCUT2D eigenvalue weighted by Gasteiger charge is -2.38. The van der Waals surface area contributed by atoms with Crippen molar-refractivity contribution in [3.63, 3.8) is 0 Å². The van der Waals surface area contributed by atoms with Crippen LogP contribution in [-0.2, 0) is 16.8 Å². The summed E-state index contributed by atoms with van der Waals surface area (Å²) in [6.45, 7) is 1.07. The van der Waals surface area contributed by atoms with Crippen molar-refractivity contribution in [2.75, 3.05) is 20.2 Å². The van der Waals surface area contributed by atoms with Crippen LogP contribution in [0.4, 0.5) is 0 Å². The lowest BCUT2D eigenvalue weighted by Crippen LogP contribution is -2.45. The van der Waals surface area contributed by atoms with Crippen molar-refractivity contribution in [1.29, 1.82) is 0 Å². The van der Waals surface area contributed by atoms with Crippen LogP contribution in [0.3, 0.4) is 0 Å². The molecule has 1 fully saturated rings. The number of piperidine rings is 1. The molecule has 132 valence electrons. The first kappa shape index (κ1) is 17.8. The van der Waals surface area contributed by atoms with Gasteiger partial charge in [-0.3, -0.25) is 4.79 Å². The molecule has 1 N–H and O–H groups in total. The minimum absolute atomic E-state index is 0.0580. The van der Waals surface area contributed by atoms with Crippen molar-refractivity contribution in [3.8, 4) is 5.75 Å². The maximum atomic E-state index is 12.6. The Morgan fingerprint density at radius 2 is 1.80 bits per heavy atom. The number of hydrogen-bond donors (Lipinski definition) is 1. The predicted octanol–water partition coefficient (Wildman–Crippen LogP) is 3.40. The summed E-state index contributed by atoms with van der Waals surface area (Å²) in [6, 6.07) is 14.8. The normalized spacial score (nSPS) is 16.5. The summed E-state index contributed by atoms with van der Waals surface area (Å²) in [4.78, 5) is 14.4. The monoisotopic (exact) mass is 359 g/mol. The average molecular weight is 360 g/mol. The standard InChI is InChI=1S/C20H22ClNO3/c1-25-18-5-3-2-4-15(18)14-19(23)22-12-10-20(24,11-13-22)16-6-8-17(21)9-7-16/h2-9,24H,10-14H2,1H3. The molecule has 1 aliphatic heterocycles. The SMILES string of the molecule is COc1ccccc1CC(=O)N1CCC(O)(c2ccc(Cl)cc2)CC1. The van der Waals surface area contributed by atoms with Crippen molar-refractivity contribution in [2.45, 2.75) is 24.9 Å². The molecule has 1 heterocycles. The van der Waals surface area contributed by atoms with E-state index in [4.69, 9.17) is 16.3 Å². The van der Waals surface area contributed by atoms with Gasteiger partial charge in [-0.1, -0.05) is 41.9 Å². The van der Waals surface area contributed by atoms with Gasteiger partial charge in [-0.25, -0.2) is 0 Å². The van der Waals surface area contributed by atoms with Crippen LogP contribution in [0.1, 0.15) is 24.0 Å². The van der Waals surface area contributed by atoms with E-state index in [-0.39, 0.29) is 5.91 Å². The Kier molecular flexibility index (Phi) is 5.30. The van der Waals surface area contributed by atoms with Gasteiger partial charge in [0.25, 0.3) is 0 Å². The molecule has 1 saturated heterocycles. The molecule has 1 amide bonds. The van der Waals surface area contributed by atoms with Crippen LogP contribution in [0, 0.1) is 0 Å². The Balaban J connectivity index is 1.63. The molecule has 0 spiro atoms. The second-order valence-corrected chi connectivity index (χ2v) is 6.84. The molecule has 3 rings (SSSR count). The molecule has 2 aromatic rings. The van der Waals surface area contributed by atoms with Crippen LogP contribution < -0.4 is 4.74 Å². The molecular weight excluding hydrogens is 338 g/mol. The minimum atomic E-state index is -0.897. The van der Waals surface area contributed by atoms with Crippen molar-refractivity contribution in [2.24, 2.45) is 0 Å². The molecule has 4 nitrogen and oxygen atoms in total. The quantitative estimate of drug-likeness (QED) is 0.910. The zero-order chi connectivity index (χ0) is 17.9. The number of carbonyl (C=O) groups is 1. The number of methoxy groups -OCH3 is 1. The first-order valence-electron chi connectivity index (χ1n) is 8.40. The summed E-state index contributed by atoms with van der Waals surface area (Å²) in [5.41, 5.74) is 0.841. The molecule has 5 heteroatoms. The summed E-state index contributed by atoms with van der Waals surface area (Å²) < 4.78 is 5.31. The van der Waals surface area contributed by atoms with E-state index >= 15 is 0 Å². The topological polar surface area (TPSA) is 49.8 Å². The third-order valence-electron chi connectivity index (χ3n) is 4.86. The molecule has 0 saturated carbocycles. The van der Waals surface area contributed by atoms with Crippen LogP contribution in [0.15, 0.2) is 48.5 Å². The van der Waals surface area contributed by atoms with E-state index < -0.39 is 5.60 Å². The highest BCUT2D eigenvalue weighted by molar-refractivity contribution is 6.30. The van der Waals surface area contributed by atoms with Gasteiger partial charge in [0.2, 0.25) is 5.91 Å². The lowest BCUT2D eigenvalue weighted by molar-refractivity contribution is -0.135. The fourth-order valence-corrected chi connectivity index (χ4v) is 3.42. The number of carbonyl (C=O) groups excluding carboxylic acids is 1. The van der Waals surface area contributed by atoms with Gasteiger partial charge in [-0.05, 0) is 36.6 Å². The molecule has 0 bridgehead atoms. The van der Waals surface area contributed by atoms with E-state index in [1.807, 2.05) is 41.3 Å². The van der Waals surface area contributed by atoms with Gasteiger partial charge in [-0.15, -0.1) is 0 Å². The van der Waals surface area contributed by atoms with Gasteiger partial charge in [0.15, 0.2) is 0 Å². The number of para-hydroxylation sites is 1. The van der Waals surface area contributed by atoms with E-state index in [0.29, 0.717) is 37.4 Å². The molecule has 1 aliphatic rings. The number of likely N-dealkylation sites (tertiary alicyclic amines) is 1. The number of nitrogens with zero attached hydrogens (tertiary/aromatic N) is 1. The minimum Gasteiger partial charge on any atom is -0.496 e. The van der Waals surface area contributed by atoms with Crippen LogP contribution >= 0.6 is 11.6 Å². The van der Waals surface area contributed by atoms with Crippen LogP contribution in [0.2, 0.25) is 5.02 Å². The largest absolute Gasteiger partial charge is 0.496 e. The number of rotatable bonds is 4. The highest BCUT2D eigenvalue weighted by atomic mass is 35.5. The van der Waals surface area contributed by atoms with Gasteiger partial charge in [-0.2, -0.15) is 0 Å². The summed E-state index contributed by atoms with van der Waals surface area (Å²) in [5, 5.41) is 11.6. The molecular formula is C20H22ClNO3. The number of aliphatic hydroxyl groups is 1. The first-order valence-corrected chi connectivity index (χ1v) is 8.78. The second kappa shape index (κ2) is 7.46. The van der Waals surface area contributed by atoms with Crippen LogP contribution in [0.5, 0.6) is 5.75 Å². The van der Waals surface area contributed by atoms with E-state index in [0.717, 1.165) is 16.9 Å². The second-order valence-electron chi connectivity index (χ2n) is 6.41. The summed E-state index contributed by atoms with van der Waals surface area (Å²) >= 11 is 5.92. The van der Waals surface area contributed by atoms with E-state index in [1.165, 1.54) is 0 Å². The van der Waals surface area contributed by atoms with Crippen LogP contribution in [0.25, 0.3) is 0 Å². The van der Waals surface area contributed by atoms with Gasteiger partial charge in [0, 0.05) is 23.7 Å². The Bertz CT molecular complexity index is 737. The fraction of sp³-hybridized carbons (Fsp3) is 0.350. The lowest BCUT2D eigenvalue weighted by atomic mass is 9.84. The van der Waals surface area contributed by atoms with Gasteiger partial charge in [0.1, 0.15) is 5.75 Å². The molecule has 0 unspecified atom stereocenters. The maximum Gasteiger partial charge on any atom is 0.227 e. The highest BCUT2D eigenvalue weighted by Gasteiger charge is 2.35. The number of amides is 1. The summed E-state index contributed by atoms with van der Waals surface area (Å²) in [5.74, 6) is 0.785. The van der Waals surface area contributed by atoms with Crippen molar-refractivity contribution in [3.05, 3.63) is 64.7 Å². The van der Waals surface area contributed by atoms with Gasteiger partial charge in [0.05, 0.1) is 19.1 Å². The molecule has 2 aromatic carbocycles. The van der Waals surface area contributed by atoms with Gasteiger partial charge < -0.3 is 14.7 Å². The Morgan fingerprint density at radius 3 is 2.44 bits per heavy atom. The third kappa shape index (κ3) is 3.97. The highest BCUT2D eigenvalue weighted by Crippen LogP contribution is 2.33. The van der Waals surface area contributed by atoms with E-state index in [9.17, 15) is 9.90 Å². The Morgan fingerprint density at radius 1 is 1.16 bits per heavy atom. The maximum absolute atomic E-state index is 12.6. The fourth-order valence-electron chi connectivity index (χ4n) is 3.30. The number of hydrogen-bond acceptors (Lipinski definition) is 3. The third-order valence-corrected chi connectivity index (χ3v) is 5.11. The van der Waals surface area contributed by atoms with E-state index in [1.54, 1.807) is 19.2 Å². The first-order chi connectivity index (χ1) is 12.0. The molecule has 25 heavy (non-hydrogen) atoms. The number of ether oxygens (including phenoxy) is 1. The smallest absolute Gasteiger partial charge is 0.227 e. The number of halogens is 1. The van der Waals surface area contributed by atoms with Gasteiger partial charge >= 0.3 is 0 Å². The Hall–Kier alpha value is -2.04. The zero-order valence-electron chi connectivity index (χ0n) is 14.2. The Labute approximate surface area is 153 Å². The van der Waals surface area contributed by atoms with Crippen LogP contribution in [-0.4, -0.2) is 36.1 Å². The average Bonchev–Trinajstić information content (AvgIpc) is 2.63. The summed E-state index contributed by atoms with van der Waals surface area (Å²) in [6.07, 6.45) is 1.35. The van der Waals surface area contributed by atoms with Crippen molar-refractivity contribution >= 4 is 17.5 Å². The van der Waals surface area contributed by atoms with Crippen molar-refractivity contribution < 1.29 is 14.6 Å². The van der Waals surface area contributed by atoms with Crippen molar-refractivity contribution in [1.82, 2.24) is 4.90 Å². The van der Waals surface area contributed by atoms with E-state index in [2.05, 4.69) is 0 Å². The molecule has 0 aliphatic carbocycles. The zero-order valence-corrected chi connectivity index (χ0v) is 15.0. The summed E-state index contributed by atoms with van der Waals surface area (Å²) in [7, 11) is 1.61. The molecule has 0 atom stereocenters. The molecule has 0 aromatic heterocycles.